The normalized spacial score (nSPS) is 19.3. The maximum Gasteiger partial charge on any atom is 0.317 e. The van der Waals surface area contributed by atoms with Crippen LogP contribution in [0.25, 0.3) is 0 Å². The second-order valence-electron chi connectivity index (χ2n) is 7.67. The average molecular weight is 366 g/mol. The molecule has 1 saturated heterocycles. The van der Waals surface area contributed by atoms with E-state index >= 15 is 0 Å². The highest BCUT2D eigenvalue weighted by atomic mass is 19.1. The summed E-state index contributed by atoms with van der Waals surface area (Å²) in [6.07, 6.45) is 7.53. The molecule has 3 rings (SSSR count). The van der Waals surface area contributed by atoms with Crippen LogP contribution in [0.1, 0.15) is 50.5 Å². The Morgan fingerprint density at radius 2 is 1.73 bits per heavy atom. The third-order valence-electron chi connectivity index (χ3n) is 5.67. The highest BCUT2D eigenvalue weighted by molar-refractivity contribution is 5.74. The van der Waals surface area contributed by atoms with E-state index in [-0.39, 0.29) is 24.2 Å². The van der Waals surface area contributed by atoms with Gasteiger partial charge in [0.2, 0.25) is 0 Å². The van der Waals surface area contributed by atoms with Gasteiger partial charge >= 0.3 is 6.03 Å². The molecule has 26 heavy (non-hydrogen) atoms. The van der Waals surface area contributed by atoms with Crippen molar-refractivity contribution in [1.29, 1.82) is 0 Å². The van der Waals surface area contributed by atoms with E-state index in [0.29, 0.717) is 12.5 Å². The van der Waals surface area contributed by atoms with Crippen molar-refractivity contribution in [3.63, 3.8) is 0 Å². The van der Waals surface area contributed by atoms with E-state index in [2.05, 4.69) is 10.6 Å². The van der Waals surface area contributed by atoms with Gasteiger partial charge in [0.25, 0.3) is 0 Å². The van der Waals surface area contributed by atoms with Crippen LogP contribution in [-0.2, 0) is 6.54 Å². The van der Waals surface area contributed by atoms with E-state index in [0.717, 1.165) is 51.6 Å². The number of nitrogens with zero attached hydrogens (tertiary/aromatic N) is 1. The molecular weight excluding hydrogens is 336 g/mol. The molecule has 0 radical (unpaired) electrons. The minimum atomic E-state index is -0.586. The number of halogens is 2. The fourth-order valence-electron chi connectivity index (χ4n) is 4.10. The largest absolute Gasteiger partial charge is 0.346 e. The van der Waals surface area contributed by atoms with Crippen LogP contribution in [0.2, 0.25) is 0 Å². The second kappa shape index (κ2) is 9.31. The molecule has 3 N–H and O–H groups in total. The molecule has 144 valence electrons. The van der Waals surface area contributed by atoms with Gasteiger partial charge in [0.05, 0.1) is 19.6 Å². The first-order chi connectivity index (χ1) is 12.6. The zero-order valence-electron chi connectivity index (χ0n) is 15.4. The zero-order chi connectivity index (χ0) is 18.4. The number of carbonyl (C=O) groups excluding carboxylic acids is 1. The van der Waals surface area contributed by atoms with Gasteiger partial charge < -0.3 is 15.5 Å². The van der Waals surface area contributed by atoms with E-state index in [1.54, 1.807) is 4.90 Å². The number of nitrogens with two attached hydrogens (primary N) is 1. The van der Waals surface area contributed by atoms with Crippen molar-refractivity contribution in [2.45, 2.75) is 57.5 Å². The molecule has 1 heterocycles. The van der Waals surface area contributed by atoms with Crippen molar-refractivity contribution < 1.29 is 18.9 Å². The van der Waals surface area contributed by atoms with Crippen molar-refractivity contribution in [2.24, 2.45) is 5.92 Å². The number of carbonyl (C=O) groups is 1. The number of amides is 2. The average Bonchev–Trinajstić information content (AvgIpc) is 2.65. The molecule has 0 atom stereocenters. The van der Waals surface area contributed by atoms with Crippen LogP contribution in [0.4, 0.5) is 13.6 Å². The monoisotopic (exact) mass is 366 g/mol. The molecule has 1 aliphatic heterocycles. The van der Waals surface area contributed by atoms with Crippen LogP contribution in [0.15, 0.2) is 18.2 Å². The van der Waals surface area contributed by atoms with Gasteiger partial charge in [-0.2, -0.15) is 0 Å². The van der Waals surface area contributed by atoms with Gasteiger partial charge in [-0.25, -0.2) is 13.6 Å². The Bertz CT molecular complexity index is 578. The first-order valence-electron chi connectivity index (χ1n) is 9.93. The summed E-state index contributed by atoms with van der Waals surface area (Å²) < 4.78 is 28.2. The number of urea groups is 1. The molecule has 0 bridgehead atoms. The first kappa shape index (κ1) is 19.1. The van der Waals surface area contributed by atoms with Gasteiger partial charge in [0.1, 0.15) is 11.6 Å². The summed E-state index contributed by atoms with van der Waals surface area (Å²) >= 11 is 0. The summed E-state index contributed by atoms with van der Waals surface area (Å²) in [6.45, 7) is 2.64. The first-order valence-corrected chi connectivity index (χ1v) is 9.93. The molecule has 4 nitrogen and oxygen atoms in total. The molecule has 6 heteroatoms. The van der Waals surface area contributed by atoms with Crippen LogP contribution < -0.4 is 10.6 Å². The molecule has 2 amide bonds. The number of rotatable bonds is 5. The van der Waals surface area contributed by atoms with Gasteiger partial charge in [-0.15, -0.1) is 0 Å². The summed E-state index contributed by atoms with van der Waals surface area (Å²) in [6, 6.07) is 3.87. The predicted octanol–water partition coefficient (Wildman–Crippen LogP) is 2.78. The van der Waals surface area contributed by atoms with E-state index in [1.165, 1.54) is 24.6 Å². The number of nitrogens with one attached hydrogen (secondary N) is 1. The minimum absolute atomic E-state index is 0.0166. The second-order valence-corrected chi connectivity index (χ2v) is 7.67. The molecule has 1 aromatic rings. The predicted molar refractivity (Wildman–Crippen MR) is 96.6 cm³/mol. The lowest BCUT2D eigenvalue weighted by molar-refractivity contribution is -0.664. The topological polar surface area (TPSA) is 49.0 Å². The van der Waals surface area contributed by atoms with Crippen molar-refractivity contribution in [3.8, 4) is 0 Å². The zero-order valence-corrected chi connectivity index (χ0v) is 15.4. The Labute approximate surface area is 154 Å². The lowest BCUT2D eigenvalue weighted by atomic mass is 9.95. The molecule has 1 aromatic carbocycles. The Kier molecular flexibility index (Phi) is 6.83. The maximum absolute atomic E-state index is 14.1. The van der Waals surface area contributed by atoms with E-state index < -0.39 is 11.6 Å². The Morgan fingerprint density at radius 1 is 1.08 bits per heavy atom. The van der Waals surface area contributed by atoms with E-state index in [1.807, 2.05) is 0 Å². The number of benzene rings is 1. The lowest BCUT2D eigenvalue weighted by Gasteiger charge is -2.32. The minimum Gasteiger partial charge on any atom is -0.346 e. The van der Waals surface area contributed by atoms with Crippen molar-refractivity contribution >= 4 is 6.03 Å². The third-order valence-corrected chi connectivity index (χ3v) is 5.67. The van der Waals surface area contributed by atoms with Gasteiger partial charge in [-0.05, 0) is 30.9 Å². The van der Waals surface area contributed by atoms with E-state index in [4.69, 9.17) is 0 Å². The number of quaternary nitrogens is 1. The SMILES string of the molecule is O=C(NC1CCCCC1)N(Cc1c(F)cccc1F)CC1CC[NH2+]CC1. The summed E-state index contributed by atoms with van der Waals surface area (Å²) in [5.41, 5.74) is -0.0198. The molecule has 1 saturated carbocycles. The van der Waals surface area contributed by atoms with Crippen LogP contribution in [0.5, 0.6) is 0 Å². The Morgan fingerprint density at radius 3 is 2.38 bits per heavy atom. The summed E-state index contributed by atoms with van der Waals surface area (Å²) in [7, 11) is 0. The van der Waals surface area contributed by atoms with Gasteiger partial charge in [-0.3, -0.25) is 0 Å². The molecule has 0 unspecified atom stereocenters. The molecular formula is C20H30F2N3O+. The Balaban J connectivity index is 1.70. The highest BCUT2D eigenvalue weighted by Gasteiger charge is 2.26. The van der Waals surface area contributed by atoms with Gasteiger partial charge in [-0.1, -0.05) is 25.3 Å². The lowest BCUT2D eigenvalue weighted by Crippen LogP contribution is -2.86. The standard InChI is InChI=1S/C20H29F2N3O/c21-18-7-4-8-19(22)17(18)14-25(13-15-9-11-23-12-10-15)20(26)24-16-5-2-1-3-6-16/h4,7-8,15-16,23H,1-3,5-6,9-14H2,(H,24,26)/p+1. The van der Waals surface area contributed by atoms with Crippen LogP contribution in [0.3, 0.4) is 0 Å². The maximum atomic E-state index is 14.1. The summed E-state index contributed by atoms with van der Waals surface area (Å²) in [5, 5.41) is 5.38. The van der Waals surface area contributed by atoms with Crippen molar-refractivity contribution in [3.05, 3.63) is 35.4 Å². The summed E-state index contributed by atoms with van der Waals surface area (Å²) in [5.74, 6) is -0.776. The van der Waals surface area contributed by atoms with Crippen LogP contribution in [0, 0.1) is 17.6 Å². The molecule has 2 aliphatic rings. The molecule has 1 aliphatic carbocycles. The Hall–Kier alpha value is -1.69. The van der Waals surface area contributed by atoms with Crippen LogP contribution in [-0.4, -0.2) is 36.6 Å². The fraction of sp³-hybridized carbons (Fsp3) is 0.650. The van der Waals surface area contributed by atoms with Gasteiger partial charge in [0, 0.05) is 31.0 Å². The summed E-state index contributed by atoms with van der Waals surface area (Å²) in [4.78, 5) is 14.5. The number of hydrogen-bond acceptors (Lipinski definition) is 1. The molecule has 0 aromatic heterocycles. The van der Waals surface area contributed by atoms with E-state index in [9.17, 15) is 13.6 Å². The fourth-order valence-corrected chi connectivity index (χ4v) is 4.10. The molecule has 0 spiro atoms. The third kappa shape index (κ3) is 5.16. The number of hydrogen-bond donors (Lipinski definition) is 2. The quantitative estimate of drug-likeness (QED) is 0.827. The number of piperidine rings is 1. The van der Waals surface area contributed by atoms with Crippen molar-refractivity contribution in [1.82, 2.24) is 10.2 Å². The van der Waals surface area contributed by atoms with Crippen LogP contribution >= 0.6 is 0 Å². The smallest absolute Gasteiger partial charge is 0.317 e. The highest BCUT2D eigenvalue weighted by Crippen LogP contribution is 2.20. The van der Waals surface area contributed by atoms with Gasteiger partial charge in [0.15, 0.2) is 0 Å². The molecule has 2 fully saturated rings. The van der Waals surface area contributed by atoms with Crippen molar-refractivity contribution in [2.75, 3.05) is 19.6 Å².